The Bertz CT molecular complexity index is 94.1. The summed E-state index contributed by atoms with van der Waals surface area (Å²) in [5, 5.41) is 8.23. The maximum atomic E-state index is 9.99. The number of carbonyl (C=O) groups is 1. The second kappa shape index (κ2) is 9.43. The Labute approximate surface area is 69.0 Å². The minimum Gasteiger partial charge on any atom is -0.481 e. The molecule has 3 nitrogen and oxygen atoms in total. The van der Waals surface area contributed by atoms with Crippen molar-refractivity contribution in [2.45, 2.75) is 27.2 Å². The third-order valence-corrected chi connectivity index (χ3v) is 1.25. The number of rotatable bonds is 4. The molecule has 0 aliphatic heterocycles. The SMILES string of the molecule is CC.CCN(C)CCC(=O)O. The first kappa shape index (κ1) is 13.1. The van der Waals surface area contributed by atoms with E-state index < -0.39 is 5.97 Å². The Hall–Kier alpha value is -0.570. The van der Waals surface area contributed by atoms with Crippen LogP contribution in [-0.2, 0) is 4.79 Å². The van der Waals surface area contributed by atoms with E-state index in [0.717, 1.165) is 6.54 Å². The predicted molar refractivity (Wildman–Crippen MR) is 46.8 cm³/mol. The highest BCUT2D eigenvalue weighted by atomic mass is 16.4. The van der Waals surface area contributed by atoms with E-state index in [9.17, 15) is 4.79 Å². The van der Waals surface area contributed by atoms with Gasteiger partial charge in [0, 0.05) is 6.54 Å². The molecule has 1 N–H and O–H groups in total. The zero-order valence-electron chi connectivity index (χ0n) is 7.92. The van der Waals surface area contributed by atoms with Crippen LogP contribution < -0.4 is 0 Å². The van der Waals surface area contributed by atoms with Crippen molar-refractivity contribution in [1.82, 2.24) is 4.90 Å². The van der Waals surface area contributed by atoms with E-state index in [1.165, 1.54) is 0 Å². The average molecular weight is 161 g/mol. The predicted octanol–water partition coefficient (Wildman–Crippen LogP) is 1.44. The van der Waals surface area contributed by atoms with Crippen LogP contribution in [0.3, 0.4) is 0 Å². The highest BCUT2D eigenvalue weighted by molar-refractivity contribution is 5.66. The topological polar surface area (TPSA) is 40.5 Å². The minimum absolute atomic E-state index is 0.240. The van der Waals surface area contributed by atoms with Gasteiger partial charge >= 0.3 is 5.97 Å². The molecule has 0 atom stereocenters. The molecule has 0 saturated heterocycles. The van der Waals surface area contributed by atoms with Gasteiger partial charge in [-0.3, -0.25) is 4.79 Å². The van der Waals surface area contributed by atoms with Crippen molar-refractivity contribution in [3.8, 4) is 0 Å². The molecule has 0 bridgehead atoms. The summed E-state index contributed by atoms with van der Waals surface area (Å²) in [6, 6.07) is 0. The van der Waals surface area contributed by atoms with Crippen LogP contribution in [0.25, 0.3) is 0 Å². The molecule has 0 saturated carbocycles. The largest absolute Gasteiger partial charge is 0.481 e. The third-order valence-electron chi connectivity index (χ3n) is 1.25. The van der Waals surface area contributed by atoms with Gasteiger partial charge in [0.05, 0.1) is 6.42 Å². The van der Waals surface area contributed by atoms with Crippen LogP contribution in [-0.4, -0.2) is 36.1 Å². The van der Waals surface area contributed by atoms with Crippen LogP contribution in [0.15, 0.2) is 0 Å². The standard InChI is InChI=1S/C6H13NO2.C2H6/c1-3-7(2)5-4-6(8)9;1-2/h3-5H2,1-2H3,(H,8,9);1-2H3. The smallest absolute Gasteiger partial charge is 0.304 e. The highest BCUT2D eigenvalue weighted by Crippen LogP contribution is 1.84. The number of aliphatic carboxylic acids is 1. The number of carboxylic acids is 1. The summed E-state index contributed by atoms with van der Waals surface area (Å²) in [7, 11) is 1.91. The molecular weight excluding hydrogens is 142 g/mol. The molecule has 0 spiro atoms. The van der Waals surface area contributed by atoms with Gasteiger partial charge in [-0.05, 0) is 13.6 Å². The van der Waals surface area contributed by atoms with Crippen LogP contribution in [0, 0.1) is 0 Å². The summed E-state index contributed by atoms with van der Waals surface area (Å²) < 4.78 is 0. The summed E-state index contributed by atoms with van der Waals surface area (Å²) in [6.45, 7) is 7.56. The van der Waals surface area contributed by atoms with Gasteiger partial charge in [0.1, 0.15) is 0 Å². The number of hydrogen-bond acceptors (Lipinski definition) is 2. The molecule has 68 valence electrons. The number of hydrogen-bond donors (Lipinski definition) is 1. The van der Waals surface area contributed by atoms with Gasteiger partial charge in [0.25, 0.3) is 0 Å². The fraction of sp³-hybridized carbons (Fsp3) is 0.875. The first-order chi connectivity index (χ1) is 5.16. The summed E-state index contributed by atoms with van der Waals surface area (Å²) in [5.74, 6) is -0.727. The van der Waals surface area contributed by atoms with E-state index in [1.54, 1.807) is 0 Å². The van der Waals surface area contributed by atoms with E-state index in [1.807, 2.05) is 32.7 Å². The molecule has 0 aliphatic carbocycles. The normalized spacial score (nSPS) is 8.82. The Balaban J connectivity index is 0. The van der Waals surface area contributed by atoms with Gasteiger partial charge in [-0.2, -0.15) is 0 Å². The second-order valence-electron chi connectivity index (χ2n) is 2.04. The molecule has 11 heavy (non-hydrogen) atoms. The first-order valence-corrected chi connectivity index (χ1v) is 4.07. The lowest BCUT2D eigenvalue weighted by Crippen LogP contribution is -2.20. The molecule has 0 aliphatic rings. The average Bonchev–Trinajstić information content (AvgIpc) is 2.04. The molecule has 0 radical (unpaired) electrons. The quantitative estimate of drug-likeness (QED) is 0.678. The highest BCUT2D eigenvalue weighted by Gasteiger charge is 1.98. The van der Waals surface area contributed by atoms with Crippen molar-refractivity contribution in [2.24, 2.45) is 0 Å². The Morgan fingerprint density at radius 1 is 1.45 bits per heavy atom. The van der Waals surface area contributed by atoms with Gasteiger partial charge < -0.3 is 10.0 Å². The van der Waals surface area contributed by atoms with Gasteiger partial charge in [0.2, 0.25) is 0 Å². The van der Waals surface area contributed by atoms with E-state index in [4.69, 9.17) is 5.11 Å². The van der Waals surface area contributed by atoms with E-state index in [-0.39, 0.29) is 6.42 Å². The van der Waals surface area contributed by atoms with Gasteiger partial charge in [0.15, 0.2) is 0 Å². The molecule has 0 fully saturated rings. The van der Waals surface area contributed by atoms with Crippen LogP contribution in [0.5, 0.6) is 0 Å². The molecule has 0 aromatic heterocycles. The molecule has 0 aromatic rings. The van der Waals surface area contributed by atoms with Crippen molar-refractivity contribution in [2.75, 3.05) is 20.1 Å². The number of nitrogens with zero attached hydrogens (tertiary/aromatic N) is 1. The van der Waals surface area contributed by atoms with E-state index >= 15 is 0 Å². The lowest BCUT2D eigenvalue weighted by molar-refractivity contribution is -0.137. The van der Waals surface area contributed by atoms with E-state index in [0.29, 0.717) is 6.54 Å². The maximum Gasteiger partial charge on any atom is 0.304 e. The summed E-state index contributed by atoms with van der Waals surface area (Å²) in [5.41, 5.74) is 0. The molecule has 0 heterocycles. The first-order valence-electron chi connectivity index (χ1n) is 4.07. The molecular formula is C8H19NO2. The third kappa shape index (κ3) is 12.6. The van der Waals surface area contributed by atoms with Crippen molar-refractivity contribution in [3.05, 3.63) is 0 Å². The Morgan fingerprint density at radius 3 is 2.18 bits per heavy atom. The Kier molecular flexibility index (Phi) is 11.2. The number of carboxylic acid groups (broad SMARTS) is 1. The zero-order chi connectivity index (χ0) is 9.28. The van der Waals surface area contributed by atoms with Gasteiger partial charge in [-0.15, -0.1) is 0 Å². The van der Waals surface area contributed by atoms with Crippen LogP contribution >= 0.6 is 0 Å². The fourth-order valence-corrected chi connectivity index (χ4v) is 0.445. The van der Waals surface area contributed by atoms with Crippen LogP contribution in [0.4, 0.5) is 0 Å². The Morgan fingerprint density at radius 2 is 1.91 bits per heavy atom. The summed E-state index contributed by atoms with van der Waals surface area (Å²) in [4.78, 5) is 12.0. The van der Waals surface area contributed by atoms with Crippen molar-refractivity contribution < 1.29 is 9.90 Å². The second-order valence-corrected chi connectivity index (χ2v) is 2.04. The molecule has 0 unspecified atom stereocenters. The minimum atomic E-state index is -0.727. The lowest BCUT2D eigenvalue weighted by Gasteiger charge is -2.10. The van der Waals surface area contributed by atoms with Gasteiger partial charge in [-0.1, -0.05) is 20.8 Å². The maximum absolute atomic E-state index is 9.99. The summed E-state index contributed by atoms with van der Waals surface area (Å²) >= 11 is 0. The van der Waals surface area contributed by atoms with Crippen molar-refractivity contribution in [3.63, 3.8) is 0 Å². The van der Waals surface area contributed by atoms with Crippen molar-refractivity contribution in [1.29, 1.82) is 0 Å². The van der Waals surface area contributed by atoms with Crippen molar-refractivity contribution >= 4 is 5.97 Å². The summed E-state index contributed by atoms with van der Waals surface area (Å²) in [6.07, 6.45) is 0.240. The van der Waals surface area contributed by atoms with Gasteiger partial charge in [-0.25, -0.2) is 0 Å². The van der Waals surface area contributed by atoms with Crippen LogP contribution in [0.1, 0.15) is 27.2 Å². The van der Waals surface area contributed by atoms with E-state index in [2.05, 4.69) is 0 Å². The lowest BCUT2D eigenvalue weighted by atomic mass is 10.4. The monoisotopic (exact) mass is 161 g/mol. The fourth-order valence-electron chi connectivity index (χ4n) is 0.445. The zero-order valence-corrected chi connectivity index (χ0v) is 7.92. The van der Waals surface area contributed by atoms with Crippen LogP contribution in [0.2, 0.25) is 0 Å². The molecule has 3 heteroatoms. The molecule has 0 rings (SSSR count). The molecule has 0 amide bonds. The molecule has 0 aromatic carbocycles.